The van der Waals surface area contributed by atoms with Gasteiger partial charge < -0.3 is 10.2 Å². The van der Waals surface area contributed by atoms with E-state index in [1.165, 1.54) is 22.7 Å². The van der Waals surface area contributed by atoms with E-state index in [0.717, 1.165) is 29.0 Å². The Labute approximate surface area is 164 Å². The molecule has 0 aromatic carbocycles. The zero-order valence-electron chi connectivity index (χ0n) is 14.5. The van der Waals surface area contributed by atoms with Gasteiger partial charge in [0.15, 0.2) is 5.13 Å². The van der Waals surface area contributed by atoms with Crippen molar-refractivity contribution >= 4 is 39.6 Å². The Kier molecular flexibility index (Phi) is 5.26. The maximum Gasteiger partial charge on any atom is 0.263 e. The van der Waals surface area contributed by atoms with Crippen LogP contribution in [-0.4, -0.2) is 39.8 Å². The van der Waals surface area contributed by atoms with Gasteiger partial charge in [-0.3, -0.25) is 14.6 Å². The number of hydrogen-bond donors (Lipinski definition) is 1. The monoisotopic (exact) mass is 398 g/mol. The number of aromatic nitrogens is 2. The van der Waals surface area contributed by atoms with E-state index in [9.17, 15) is 9.59 Å². The smallest absolute Gasteiger partial charge is 0.263 e. The summed E-state index contributed by atoms with van der Waals surface area (Å²) in [7, 11) is 0. The number of thiophene rings is 1. The van der Waals surface area contributed by atoms with Crippen LogP contribution in [0, 0.1) is 5.92 Å². The third-order valence-electron chi connectivity index (χ3n) is 4.50. The summed E-state index contributed by atoms with van der Waals surface area (Å²) in [4.78, 5) is 36.3. The third kappa shape index (κ3) is 4.06. The van der Waals surface area contributed by atoms with Crippen molar-refractivity contribution in [3.63, 3.8) is 0 Å². The molecule has 0 saturated carbocycles. The molecule has 6 nitrogen and oxygen atoms in total. The van der Waals surface area contributed by atoms with Gasteiger partial charge in [-0.05, 0) is 36.4 Å². The second-order valence-electron chi connectivity index (χ2n) is 6.34. The zero-order chi connectivity index (χ0) is 18.6. The molecule has 4 heterocycles. The predicted octanol–water partition coefficient (Wildman–Crippen LogP) is 3.76. The molecule has 1 unspecified atom stereocenters. The number of likely N-dealkylation sites (tertiary alicyclic amines) is 1. The molecule has 138 valence electrons. The van der Waals surface area contributed by atoms with Gasteiger partial charge in [0.2, 0.25) is 5.91 Å². The Morgan fingerprint density at radius 3 is 2.93 bits per heavy atom. The molecular formula is C19H18N4O2S2. The minimum Gasteiger partial charge on any atom is -0.337 e. The van der Waals surface area contributed by atoms with Crippen LogP contribution in [0.1, 0.15) is 22.5 Å². The fraction of sp³-hybridized carbons (Fsp3) is 0.263. The lowest BCUT2D eigenvalue weighted by molar-refractivity contribution is -0.121. The number of anilines is 1. The van der Waals surface area contributed by atoms with Gasteiger partial charge in [0.05, 0.1) is 16.5 Å². The number of amides is 2. The molecule has 1 N–H and O–H groups in total. The normalized spacial score (nSPS) is 16.9. The van der Waals surface area contributed by atoms with Crippen LogP contribution in [0.5, 0.6) is 0 Å². The van der Waals surface area contributed by atoms with Crippen LogP contribution in [0.2, 0.25) is 0 Å². The second kappa shape index (κ2) is 7.98. The quantitative estimate of drug-likeness (QED) is 0.726. The summed E-state index contributed by atoms with van der Waals surface area (Å²) in [6.45, 7) is 1.15. The Morgan fingerprint density at radius 2 is 2.15 bits per heavy atom. The summed E-state index contributed by atoms with van der Waals surface area (Å²) < 4.78 is 0. The molecule has 0 radical (unpaired) electrons. The lowest BCUT2D eigenvalue weighted by Crippen LogP contribution is -2.43. The number of pyridine rings is 1. The molecule has 8 heteroatoms. The van der Waals surface area contributed by atoms with E-state index < -0.39 is 0 Å². The lowest BCUT2D eigenvalue weighted by Gasteiger charge is -2.31. The van der Waals surface area contributed by atoms with Gasteiger partial charge >= 0.3 is 0 Å². The van der Waals surface area contributed by atoms with E-state index in [1.807, 2.05) is 35.0 Å². The van der Waals surface area contributed by atoms with E-state index in [2.05, 4.69) is 15.3 Å². The van der Waals surface area contributed by atoms with Gasteiger partial charge in [-0.15, -0.1) is 22.7 Å². The minimum absolute atomic E-state index is 0.00983. The van der Waals surface area contributed by atoms with Gasteiger partial charge in [0.1, 0.15) is 0 Å². The van der Waals surface area contributed by atoms with E-state index >= 15 is 0 Å². The highest BCUT2D eigenvalue weighted by molar-refractivity contribution is 7.14. The van der Waals surface area contributed by atoms with Gasteiger partial charge in [-0.2, -0.15) is 0 Å². The Balaban J connectivity index is 1.39. The zero-order valence-corrected chi connectivity index (χ0v) is 16.1. The third-order valence-corrected chi connectivity index (χ3v) is 6.12. The molecule has 1 atom stereocenters. The summed E-state index contributed by atoms with van der Waals surface area (Å²) in [6.07, 6.45) is 5.07. The Hall–Kier alpha value is -2.58. The van der Waals surface area contributed by atoms with Crippen molar-refractivity contribution in [1.82, 2.24) is 14.9 Å². The molecule has 0 aliphatic carbocycles. The first-order chi connectivity index (χ1) is 13.2. The average Bonchev–Trinajstić information content (AvgIpc) is 3.40. The number of piperidine rings is 1. The molecule has 3 aromatic rings. The van der Waals surface area contributed by atoms with Crippen molar-refractivity contribution in [2.45, 2.75) is 12.8 Å². The molecule has 1 aliphatic heterocycles. The van der Waals surface area contributed by atoms with Crippen molar-refractivity contribution < 1.29 is 9.59 Å². The molecule has 3 aromatic heterocycles. The number of nitrogens with one attached hydrogen (secondary N) is 1. The highest BCUT2D eigenvalue weighted by Gasteiger charge is 2.29. The second-order valence-corrected chi connectivity index (χ2v) is 8.14. The summed E-state index contributed by atoms with van der Waals surface area (Å²) >= 11 is 2.82. The summed E-state index contributed by atoms with van der Waals surface area (Å²) in [5.41, 5.74) is 1.71. The molecule has 1 saturated heterocycles. The maximum absolute atomic E-state index is 12.7. The first-order valence-corrected chi connectivity index (χ1v) is 10.5. The highest BCUT2D eigenvalue weighted by atomic mass is 32.1. The predicted molar refractivity (Wildman–Crippen MR) is 107 cm³/mol. The topological polar surface area (TPSA) is 75.2 Å². The van der Waals surface area contributed by atoms with Crippen LogP contribution >= 0.6 is 22.7 Å². The van der Waals surface area contributed by atoms with Crippen LogP contribution < -0.4 is 5.32 Å². The maximum atomic E-state index is 12.7. The van der Waals surface area contributed by atoms with E-state index in [-0.39, 0.29) is 17.7 Å². The molecule has 1 fully saturated rings. The molecule has 4 rings (SSSR count). The minimum atomic E-state index is -0.214. The van der Waals surface area contributed by atoms with E-state index in [0.29, 0.717) is 18.2 Å². The Bertz CT molecular complexity index is 924. The SMILES string of the molecule is O=C(Nc1nc(-c2cccnc2)cs1)C1CCCN(C(=O)c2cccs2)C1. The number of nitrogens with zero attached hydrogens (tertiary/aromatic N) is 3. The molecule has 0 bridgehead atoms. The molecule has 1 aliphatic rings. The van der Waals surface area contributed by atoms with Crippen molar-refractivity contribution in [3.05, 3.63) is 52.3 Å². The van der Waals surface area contributed by atoms with E-state index in [4.69, 9.17) is 0 Å². The lowest BCUT2D eigenvalue weighted by atomic mass is 9.97. The number of rotatable bonds is 4. The first-order valence-electron chi connectivity index (χ1n) is 8.70. The number of carbonyl (C=O) groups is 2. The summed E-state index contributed by atoms with van der Waals surface area (Å²) in [5, 5.41) is 7.27. The molecule has 2 amide bonds. The standard InChI is InChI=1S/C19H18N4O2S2/c24-17(22-19-21-15(12-27-19)13-4-1-7-20-10-13)14-5-2-8-23(11-14)18(25)16-6-3-9-26-16/h1,3-4,6-7,9-10,12,14H,2,5,8,11H2,(H,21,22,24). The molecule has 27 heavy (non-hydrogen) atoms. The summed E-state index contributed by atoms with van der Waals surface area (Å²) in [6, 6.07) is 7.48. The van der Waals surface area contributed by atoms with Crippen molar-refractivity contribution in [1.29, 1.82) is 0 Å². The van der Waals surface area contributed by atoms with Crippen LogP contribution in [0.3, 0.4) is 0 Å². The number of carbonyl (C=O) groups excluding carboxylic acids is 2. The van der Waals surface area contributed by atoms with Gasteiger partial charge in [0, 0.05) is 36.4 Å². The fourth-order valence-corrected chi connectivity index (χ4v) is 4.53. The molecular weight excluding hydrogens is 380 g/mol. The highest BCUT2D eigenvalue weighted by Crippen LogP contribution is 2.26. The van der Waals surface area contributed by atoms with Crippen molar-refractivity contribution in [2.75, 3.05) is 18.4 Å². The average molecular weight is 399 g/mol. The number of hydrogen-bond acceptors (Lipinski definition) is 6. The Morgan fingerprint density at radius 1 is 1.22 bits per heavy atom. The van der Waals surface area contributed by atoms with Crippen molar-refractivity contribution in [3.8, 4) is 11.3 Å². The largest absolute Gasteiger partial charge is 0.337 e. The van der Waals surface area contributed by atoms with E-state index in [1.54, 1.807) is 17.3 Å². The van der Waals surface area contributed by atoms with Crippen LogP contribution in [0.25, 0.3) is 11.3 Å². The van der Waals surface area contributed by atoms with Gasteiger partial charge in [0.25, 0.3) is 5.91 Å². The van der Waals surface area contributed by atoms with Crippen LogP contribution in [0.4, 0.5) is 5.13 Å². The first kappa shape index (κ1) is 17.8. The van der Waals surface area contributed by atoms with Crippen LogP contribution in [-0.2, 0) is 4.79 Å². The summed E-state index contributed by atoms with van der Waals surface area (Å²) in [5.74, 6) is -0.283. The molecule has 0 spiro atoms. The number of thiazole rings is 1. The van der Waals surface area contributed by atoms with Crippen molar-refractivity contribution in [2.24, 2.45) is 5.92 Å². The van der Waals surface area contributed by atoms with Crippen LogP contribution in [0.15, 0.2) is 47.4 Å². The van der Waals surface area contributed by atoms with Gasteiger partial charge in [-0.25, -0.2) is 4.98 Å². The van der Waals surface area contributed by atoms with Gasteiger partial charge in [-0.1, -0.05) is 6.07 Å². The fourth-order valence-electron chi connectivity index (χ4n) is 3.12.